The van der Waals surface area contributed by atoms with E-state index in [9.17, 15) is 18.0 Å². The molecule has 100 valence electrons. The second-order valence-electron chi connectivity index (χ2n) is 4.99. The molecule has 1 saturated heterocycles. The molecule has 7 heteroatoms. The first-order valence-corrected chi connectivity index (χ1v) is 5.44. The van der Waals surface area contributed by atoms with Crippen molar-refractivity contribution < 1.29 is 18.0 Å². The van der Waals surface area contributed by atoms with Crippen LogP contribution in [0.2, 0.25) is 0 Å². The summed E-state index contributed by atoms with van der Waals surface area (Å²) >= 11 is 0. The van der Waals surface area contributed by atoms with Crippen LogP contribution in [0.4, 0.5) is 13.2 Å². The second kappa shape index (κ2) is 4.45. The Morgan fingerprint density at radius 3 is 2.29 bits per heavy atom. The average Bonchev–Trinajstić information content (AvgIpc) is 2.45. The monoisotopic (exact) mass is 253 g/mol. The molecule has 0 aromatic carbocycles. The molecule has 1 amide bonds. The molecule has 1 rings (SSSR count). The number of hydrogen-bond donors (Lipinski definition) is 2. The summed E-state index contributed by atoms with van der Waals surface area (Å²) in [5, 5.41) is 0. The smallest absolute Gasteiger partial charge is 0.369 e. The third-order valence-corrected chi connectivity index (χ3v) is 3.32. The van der Waals surface area contributed by atoms with Crippen molar-refractivity contribution in [1.29, 1.82) is 0 Å². The third kappa shape index (κ3) is 2.90. The molecule has 1 aliphatic rings. The predicted molar refractivity (Wildman–Crippen MR) is 57.0 cm³/mol. The van der Waals surface area contributed by atoms with Crippen molar-refractivity contribution in [3.8, 4) is 0 Å². The maximum Gasteiger partial charge on any atom is 0.405 e. The van der Waals surface area contributed by atoms with Crippen molar-refractivity contribution in [2.75, 3.05) is 13.1 Å². The lowest BCUT2D eigenvalue weighted by Crippen LogP contribution is -2.55. The summed E-state index contributed by atoms with van der Waals surface area (Å²) in [6.45, 7) is 3.10. The third-order valence-electron chi connectivity index (χ3n) is 3.32. The van der Waals surface area contributed by atoms with Crippen molar-refractivity contribution in [2.24, 2.45) is 16.9 Å². The Bertz CT molecular complexity index is 306. The minimum Gasteiger partial charge on any atom is -0.369 e. The van der Waals surface area contributed by atoms with Crippen LogP contribution in [0.15, 0.2) is 0 Å². The van der Waals surface area contributed by atoms with Crippen molar-refractivity contribution >= 4 is 5.91 Å². The molecule has 0 saturated carbocycles. The van der Waals surface area contributed by atoms with Gasteiger partial charge in [0.2, 0.25) is 5.91 Å². The van der Waals surface area contributed by atoms with Crippen LogP contribution in [-0.4, -0.2) is 42.2 Å². The van der Waals surface area contributed by atoms with Gasteiger partial charge in [0.15, 0.2) is 0 Å². The van der Waals surface area contributed by atoms with Gasteiger partial charge < -0.3 is 11.5 Å². The zero-order valence-electron chi connectivity index (χ0n) is 9.92. The van der Waals surface area contributed by atoms with E-state index in [1.165, 1.54) is 11.8 Å². The standard InChI is InChI=1S/C10H18F3N3O/c1-6(14)7(10(11,12)13)16-4-3-9(2,5-16)8(15)17/h6-7H,3-5,14H2,1-2H3,(H2,15,17). The molecule has 4 nitrogen and oxygen atoms in total. The van der Waals surface area contributed by atoms with E-state index in [-0.39, 0.29) is 13.1 Å². The molecule has 3 atom stereocenters. The van der Waals surface area contributed by atoms with Crippen LogP contribution >= 0.6 is 0 Å². The Morgan fingerprint density at radius 2 is 2.00 bits per heavy atom. The van der Waals surface area contributed by atoms with Gasteiger partial charge in [0.1, 0.15) is 6.04 Å². The number of rotatable bonds is 3. The highest BCUT2D eigenvalue weighted by atomic mass is 19.4. The molecular formula is C10H18F3N3O. The fraction of sp³-hybridized carbons (Fsp3) is 0.900. The Balaban J connectivity index is 2.85. The minimum atomic E-state index is -4.39. The molecule has 4 N–H and O–H groups in total. The minimum absolute atomic E-state index is 0.00799. The lowest BCUT2D eigenvalue weighted by atomic mass is 9.89. The van der Waals surface area contributed by atoms with Gasteiger partial charge in [-0.15, -0.1) is 0 Å². The molecule has 0 aliphatic carbocycles. The Kier molecular flexibility index (Phi) is 3.73. The zero-order chi connectivity index (χ0) is 13.4. The Morgan fingerprint density at radius 1 is 1.47 bits per heavy atom. The number of primary amides is 1. The first-order valence-electron chi connectivity index (χ1n) is 5.44. The normalized spacial score (nSPS) is 30.2. The van der Waals surface area contributed by atoms with E-state index in [2.05, 4.69) is 0 Å². The van der Waals surface area contributed by atoms with Crippen LogP contribution in [0.3, 0.4) is 0 Å². The highest BCUT2D eigenvalue weighted by molar-refractivity contribution is 5.81. The van der Waals surface area contributed by atoms with E-state index in [1.54, 1.807) is 6.92 Å². The first-order chi connectivity index (χ1) is 7.58. The molecular weight excluding hydrogens is 235 g/mol. The van der Waals surface area contributed by atoms with Gasteiger partial charge in [0.05, 0.1) is 5.41 Å². The number of nitrogens with zero attached hydrogens (tertiary/aromatic N) is 1. The number of alkyl halides is 3. The van der Waals surface area contributed by atoms with Crippen LogP contribution in [-0.2, 0) is 4.79 Å². The first kappa shape index (κ1) is 14.2. The van der Waals surface area contributed by atoms with Gasteiger partial charge in [-0.25, -0.2) is 0 Å². The molecule has 0 radical (unpaired) electrons. The lowest BCUT2D eigenvalue weighted by molar-refractivity contribution is -0.186. The average molecular weight is 253 g/mol. The molecule has 1 aliphatic heterocycles. The lowest BCUT2D eigenvalue weighted by Gasteiger charge is -2.33. The second-order valence-corrected chi connectivity index (χ2v) is 4.99. The van der Waals surface area contributed by atoms with Gasteiger partial charge in [-0.2, -0.15) is 13.2 Å². The molecule has 3 unspecified atom stereocenters. The van der Waals surface area contributed by atoms with Crippen LogP contribution in [0.1, 0.15) is 20.3 Å². The molecule has 1 fully saturated rings. The van der Waals surface area contributed by atoms with E-state index >= 15 is 0 Å². The summed E-state index contributed by atoms with van der Waals surface area (Å²) in [5.41, 5.74) is 9.70. The molecule has 1 heterocycles. The van der Waals surface area contributed by atoms with Crippen LogP contribution in [0, 0.1) is 5.41 Å². The molecule has 0 aromatic heterocycles. The quantitative estimate of drug-likeness (QED) is 0.767. The van der Waals surface area contributed by atoms with Gasteiger partial charge >= 0.3 is 6.18 Å². The molecule has 0 bridgehead atoms. The summed E-state index contributed by atoms with van der Waals surface area (Å²) in [5.74, 6) is -0.564. The number of halogens is 3. The maximum absolute atomic E-state index is 12.8. The summed E-state index contributed by atoms with van der Waals surface area (Å²) in [6.07, 6.45) is -4.06. The van der Waals surface area contributed by atoms with Crippen LogP contribution in [0.25, 0.3) is 0 Å². The fourth-order valence-electron chi connectivity index (χ4n) is 2.27. The van der Waals surface area contributed by atoms with Gasteiger partial charge in [0.25, 0.3) is 0 Å². The number of hydrogen-bond acceptors (Lipinski definition) is 3. The summed E-state index contributed by atoms with van der Waals surface area (Å²) in [6, 6.07) is -2.76. The number of nitrogens with two attached hydrogens (primary N) is 2. The molecule has 17 heavy (non-hydrogen) atoms. The number of carbonyl (C=O) groups excluding carboxylic acids is 1. The summed E-state index contributed by atoms with van der Waals surface area (Å²) in [4.78, 5) is 12.4. The largest absolute Gasteiger partial charge is 0.405 e. The highest BCUT2D eigenvalue weighted by Gasteiger charge is 2.51. The predicted octanol–water partition coefficient (Wildman–Crippen LogP) is 0.462. The fourth-order valence-corrected chi connectivity index (χ4v) is 2.27. The topological polar surface area (TPSA) is 72.3 Å². The Labute approximate surface area is 98.1 Å². The van der Waals surface area contributed by atoms with Gasteiger partial charge in [-0.05, 0) is 26.8 Å². The zero-order valence-corrected chi connectivity index (χ0v) is 9.92. The summed E-state index contributed by atoms with van der Waals surface area (Å²) in [7, 11) is 0. The van der Waals surface area contributed by atoms with Crippen molar-refractivity contribution in [2.45, 2.75) is 38.5 Å². The Hall–Kier alpha value is -0.820. The SMILES string of the molecule is CC(N)C(N1CCC(C)(C(N)=O)C1)C(F)(F)F. The van der Waals surface area contributed by atoms with Gasteiger partial charge in [-0.3, -0.25) is 9.69 Å². The van der Waals surface area contributed by atoms with E-state index in [0.29, 0.717) is 6.42 Å². The molecule has 0 aromatic rings. The molecule has 0 spiro atoms. The van der Waals surface area contributed by atoms with E-state index in [0.717, 1.165) is 0 Å². The van der Waals surface area contributed by atoms with Crippen molar-refractivity contribution in [1.82, 2.24) is 4.90 Å². The van der Waals surface area contributed by atoms with Crippen LogP contribution in [0.5, 0.6) is 0 Å². The van der Waals surface area contributed by atoms with Gasteiger partial charge in [0, 0.05) is 12.6 Å². The highest BCUT2D eigenvalue weighted by Crippen LogP contribution is 2.36. The van der Waals surface area contributed by atoms with Crippen molar-refractivity contribution in [3.05, 3.63) is 0 Å². The van der Waals surface area contributed by atoms with Crippen molar-refractivity contribution in [3.63, 3.8) is 0 Å². The number of amides is 1. The van der Waals surface area contributed by atoms with E-state index in [4.69, 9.17) is 11.5 Å². The van der Waals surface area contributed by atoms with E-state index in [1.807, 2.05) is 0 Å². The number of carbonyl (C=O) groups is 1. The van der Waals surface area contributed by atoms with E-state index < -0.39 is 29.6 Å². The number of likely N-dealkylation sites (tertiary alicyclic amines) is 1. The van der Waals surface area contributed by atoms with Crippen LogP contribution < -0.4 is 11.5 Å². The van der Waals surface area contributed by atoms with Gasteiger partial charge in [-0.1, -0.05) is 0 Å². The maximum atomic E-state index is 12.8. The summed E-state index contributed by atoms with van der Waals surface area (Å²) < 4.78 is 38.5.